The van der Waals surface area contributed by atoms with Crippen LogP contribution in [0.15, 0.2) is 71.9 Å². The van der Waals surface area contributed by atoms with Gasteiger partial charge in [-0.15, -0.1) is 10.2 Å². The highest BCUT2D eigenvalue weighted by atomic mass is 32.2. The number of hydrogen-bond donors (Lipinski definition) is 0. The summed E-state index contributed by atoms with van der Waals surface area (Å²) in [6.07, 6.45) is 4.30. The molecule has 0 bridgehead atoms. The molecule has 0 atom stereocenters. The molecule has 0 aliphatic carbocycles. The first-order valence-electron chi connectivity index (χ1n) is 7.61. The van der Waals surface area contributed by atoms with Gasteiger partial charge in [0, 0.05) is 5.75 Å². The Morgan fingerprint density at radius 1 is 0.957 bits per heavy atom. The first kappa shape index (κ1) is 15.6. The van der Waals surface area contributed by atoms with E-state index in [1.165, 1.54) is 11.1 Å². The molecule has 1 aromatic heterocycles. The fourth-order valence-corrected chi connectivity index (χ4v) is 3.08. The molecule has 1 heterocycles. The number of hydrogen-bond acceptors (Lipinski definition) is 3. The minimum Gasteiger partial charge on any atom is -0.302 e. The fraction of sp³-hybridized carbons (Fsp3) is 0.158. The van der Waals surface area contributed by atoms with Crippen LogP contribution in [0.1, 0.15) is 17.0 Å². The van der Waals surface area contributed by atoms with Crippen LogP contribution >= 0.6 is 11.8 Å². The summed E-state index contributed by atoms with van der Waals surface area (Å²) in [7, 11) is 0. The minimum absolute atomic E-state index is 0.810. The Labute approximate surface area is 141 Å². The maximum absolute atomic E-state index is 4.30. The van der Waals surface area contributed by atoms with Crippen molar-refractivity contribution in [3.05, 3.63) is 83.7 Å². The first-order chi connectivity index (χ1) is 11.3. The van der Waals surface area contributed by atoms with Crippen molar-refractivity contribution in [1.29, 1.82) is 0 Å². The molecule has 4 heteroatoms. The van der Waals surface area contributed by atoms with E-state index in [0.29, 0.717) is 0 Å². The molecule has 2 aromatic carbocycles. The molecular weight excluding hydrogens is 302 g/mol. The molecule has 3 nitrogen and oxygen atoms in total. The number of rotatable bonds is 6. The van der Waals surface area contributed by atoms with E-state index >= 15 is 0 Å². The molecule has 0 saturated carbocycles. The predicted molar refractivity (Wildman–Crippen MR) is 96.5 cm³/mol. The largest absolute Gasteiger partial charge is 0.302 e. The lowest BCUT2D eigenvalue weighted by Crippen LogP contribution is -2.03. The molecule has 0 amide bonds. The molecule has 0 aliphatic heterocycles. The van der Waals surface area contributed by atoms with Gasteiger partial charge in [0.15, 0.2) is 5.16 Å². The normalized spacial score (nSPS) is 11.2. The highest BCUT2D eigenvalue weighted by Crippen LogP contribution is 2.19. The first-order valence-corrected chi connectivity index (χ1v) is 8.59. The van der Waals surface area contributed by atoms with E-state index in [1.807, 2.05) is 31.2 Å². The summed E-state index contributed by atoms with van der Waals surface area (Å²) in [4.78, 5) is 0. The summed E-state index contributed by atoms with van der Waals surface area (Å²) in [5, 5.41) is 9.48. The van der Waals surface area contributed by atoms with Crippen LogP contribution in [0.4, 0.5) is 0 Å². The standard InChI is InChI=1S/C19H19N3S/c1-16-20-21-19(22(16)15-18-11-6-3-7-12-18)23-14-8-13-17-9-4-2-5-10-17/h2-13H,14-15H2,1H3. The van der Waals surface area contributed by atoms with Crippen molar-refractivity contribution >= 4 is 17.8 Å². The van der Waals surface area contributed by atoms with Gasteiger partial charge < -0.3 is 4.57 Å². The predicted octanol–water partition coefficient (Wildman–Crippen LogP) is 4.44. The lowest BCUT2D eigenvalue weighted by Gasteiger charge is -2.07. The summed E-state index contributed by atoms with van der Waals surface area (Å²) < 4.78 is 2.16. The molecular formula is C19H19N3S. The quantitative estimate of drug-likeness (QED) is 0.629. The highest BCUT2D eigenvalue weighted by Gasteiger charge is 2.08. The van der Waals surface area contributed by atoms with Crippen molar-refractivity contribution in [1.82, 2.24) is 14.8 Å². The summed E-state index contributed by atoms with van der Waals surface area (Å²) in [5.74, 6) is 1.82. The van der Waals surface area contributed by atoms with Gasteiger partial charge in [-0.05, 0) is 18.1 Å². The maximum Gasteiger partial charge on any atom is 0.191 e. The van der Waals surface area contributed by atoms with E-state index in [-0.39, 0.29) is 0 Å². The van der Waals surface area contributed by atoms with Crippen molar-refractivity contribution < 1.29 is 0 Å². The van der Waals surface area contributed by atoms with E-state index < -0.39 is 0 Å². The van der Waals surface area contributed by atoms with Gasteiger partial charge in [-0.2, -0.15) is 0 Å². The van der Waals surface area contributed by atoms with E-state index in [4.69, 9.17) is 0 Å². The van der Waals surface area contributed by atoms with Crippen molar-refractivity contribution in [2.45, 2.75) is 18.6 Å². The van der Waals surface area contributed by atoms with Crippen molar-refractivity contribution in [3.8, 4) is 0 Å². The van der Waals surface area contributed by atoms with Crippen LogP contribution in [-0.4, -0.2) is 20.5 Å². The van der Waals surface area contributed by atoms with Gasteiger partial charge in [-0.25, -0.2) is 0 Å². The van der Waals surface area contributed by atoms with Crippen LogP contribution in [-0.2, 0) is 6.54 Å². The fourth-order valence-electron chi connectivity index (χ4n) is 2.29. The Morgan fingerprint density at radius 2 is 1.65 bits per heavy atom. The Hall–Kier alpha value is -2.33. The van der Waals surface area contributed by atoms with Crippen LogP contribution in [0.3, 0.4) is 0 Å². The average molecular weight is 321 g/mol. The van der Waals surface area contributed by atoms with Crippen LogP contribution < -0.4 is 0 Å². The van der Waals surface area contributed by atoms with Gasteiger partial charge in [-0.1, -0.05) is 84.6 Å². The molecule has 0 spiro atoms. The molecule has 0 fully saturated rings. The lowest BCUT2D eigenvalue weighted by molar-refractivity contribution is 0.688. The van der Waals surface area contributed by atoms with Crippen LogP contribution in [0, 0.1) is 6.92 Å². The maximum atomic E-state index is 4.30. The van der Waals surface area contributed by atoms with Crippen LogP contribution in [0.5, 0.6) is 0 Å². The molecule has 116 valence electrons. The van der Waals surface area contributed by atoms with Gasteiger partial charge in [0.2, 0.25) is 0 Å². The third kappa shape index (κ3) is 4.33. The number of thioether (sulfide) groups is 1. The lowest BCUT2D eigenvalue weighted by atomic mass is 10.2. The molecule has 3 rings (SSSR count). The third-order valence-corrected chi connectivity index (χ3v) is 4.42. The second-order valence-electron chi connectivity index (χ2n) is 5.23. The van der Waals surface area contributed by atoms with E-state index in [0.717, 1.165) is 23.3 Å². The zero-order valence-corrected chi connectivity index (χ0v) is 13.9. The van der Waals surface area contributed by atoms with E-state index in [2.05, 4.69) is 63.3 Å². The Balaban J connectivity index is 1.63. The topological polar surface area (TPSA) is 30.7 Å². The SMILES string of the molecule is Cc1nnc(SCC=Cc2ccccc2)n1Cc1ccccc1. The van der Waals surface area contributed by atoms with Gasteiger partial charge in [-0.3, -0.25) is 0 Å². The van der Waals surface area contributed by atoms with Gasteiger partial charge in [0.25, 0.3) is 0 Å². The zero-order valence-electron chi connectivity index (χ0n) is 13.1. The van der Waals surface area contributed by atoms with Crippen molar-refractivity contribution in [3.63, 3.8) is 0 Å². The van der Waals surface area contributed by atoms with Crippen LogP contribution in [0.2, 0.25) is 0 Å². The summed E-state index contributed by atoms with van der Waals surface area (Å²) in [6.45, 7) is 2.81. The Bertz CT molecular complexity index is 764. The van der Waals surface area contributed by atoms with Crippen molar-refractivity contribution in [2.75, 3.05) is 5.75 Å². The second-order valence-corrected chi connectivity index (χ2v) is 6.21. The smallest absolute Gasteiger partial charge is 0.191 e. The van der Waals surface area contributed by atoms with Gasteiger partial charge in [0.05, 0.1) is 6.54 Å². The molecule has 0 aliphatic rings. The zero-order chi connectivity index (χ0) is 15.9. The molecule has 3 aromatic rings. The summed E-state index contributed by atoms with van der Waals surface area (Å²) in [6, 6.07) is 20.7. The molecule has 0 saturated heterocycles. The molecule has 23 heavy (non-hydrogen) atoms. The van der Waals surface area contributed by atoms with Gasteiger partial charge >= 0.3 is 0 Å². The number of benzene rings is 2. The third-order valence-electron chi connectivity index (χ3n) is 3.50. The van der Waals surface area contributed by atoms with E-state index in [9.17, 15) is 0 Å². The number of aromatic nitrogens is 3. The Morgan fingerprint density at radius 3 is 2.39 bits per heavy atom. The van der Waals surface area contributed by atoms with Crippen molar-refractivity contribution in [2.24, 2.45) is 0 Å². The number of nitrogens with zero attached hydrogens (tertiary/aromatic N) is 3. The van der Waals surface area contributed by atoms with Crippen LogP contribution in [0.25, 0.3) is 6.08 Å². The van der Waals surface area contributed by atoms with Gasteiger partial charge in [0.1, 0.15) is 5.82 Å². The minimum atomic E-state index is 0.810. The summed E-state index contributed by atoms with van der Waals surface area (Å²) >= 11 is 1.71. The second kappa shape index (κ2) is 7.79. The monoisotopic (exact) mass is 321 g/mol. The Kier molecular flexibility index (Phi) is 5.27. The average Bonchev–Trinajstić information content (AvgIpc) is 2.94. The molecule has 0 radical (unpaired) electrons. The highest BCUT2D eigenvalue weighted by molar-refractivity contribution is 7.99. The van der Waals surface area contributed by atoms with E-state index in [1.54, 1.807) is 11.8 Å². The molecule has 0 unspecified atom stereocenters. The number of aryl methyl sites for hydroxylation is 1. The summed E-state index contributed by atoms with van der Waals surface area (Å²) in [5.41, 5.74) is 2.48. The molecule has 0 N–H and O–H groups in total.